The van der Waals surface area contributed by atoms with E-state index in [1.165, 1.54) is 28.3 Å². The van der Waals surface area contributed by atoms with Gasteiger partial charge in [-0.2, -0.15) is 13.9 Å². The van der Waals surface area contributed by atoms with E-state index in [1.54, 1.807) is 16.8 Å². The highest BCUT2D eigenvalue weighted by Gasteiger charge is 2.12. The highest BCUT2D eigenvalue weighted by molar-refractivity contribution is 7.15. The molecule has 2 N–H and O–H groups in total. The molecule has 0 amide bonds. The summed E-state index contributed by atoms with van der Waals surface area (Å²) in [4.78, 5) is 26.0. The van der Waals surface area contributed by atoms with Crippen LogP contribution in [0.4, 0.5) is 8.78 Å². The molecular formula is C18H19F2N5O2S. The number of nitrogens with two attached hydrogens (primary N) is 1. The van der Waals surface area contributed by atoms with E-state index in [1.807, 2.05) is 19.1 Å². The Hall–Kier alpha value is -2.85. The quantitative estimate of drug-likeness (QED) is 0.650. The Balaban J connectivity index is 1.80. The number of nitrogens with zero attached hydrogens (tertiary/aromatic N) is 4. The molecule has 0 aliphatic heterocycles. The van der Waals surface area contributed by atoms with Gasteiger partial charge in [0.05, 0.1) is 13.1 Å². The van der Waals surface area contributed by atoms with E-state index in [4.69, 9.17) is 5.73 Å². The molecule has 10 heteroatoms. The predicted octanol–water partition coefficient (Wildman–Crippen LogP) is 2.11. The van der Waals surface area contributed by atoms with Crippen LogP contribution >= 0.6 is 11.3 Å². The lowest BCUT2D eigenvalue weighted by Crippen LogP contribution is -2.27. The van der Waals surface area contributed by atoms with Crippen molar-refractivity contribution in [2.45, 2.75) is 26.6 Å². The summed E-state index contributed by atoms with van der Waals surface area (Å²) in [7, 11) is 0. The van der Waals surface area contributed by atoms with Crippen LogP contribution in [0.25, 0.3) is 10.4 Å². The van der Waals surface area contributed by atoms with Crippen molar-refractivity contribution in [3.63, 3.8) is 0 Å². The summed E-state index contributed by atoms with van der Waals surface area (Å²) in [5, 5.41) is 3.89. The van der Waals surface area contributed by atoms with Gasteiger partial charge >= 0.3 is 5.69 Å². The highest BCUT2D eigenvalue weighted by Crippen LogP contribution is 2.27. The predicted molar refractivity (Wildman–Crippen MR) is 104 cm³/mol. The first-order valence-corrected chi connectivity index (χ1v) is 9.39. The lowest BCUT2D eigenvalue weighted by molar-refractivity contribution is 0.400. The van der Waals surface area contributed by atoms with Gasteiger partial charge in [-0.3, -0.25) is 9.36 Å². The number of thiophene rings is 1. The lowest BCUT2D eigenvalue weighted by Gasteiger charge is -2.04. The zero-order valence-electron chi connectivity index (χ0n) is 15.1. The standard InChI is InChI=1S/C18H19F2N5O2S/c1-2-23-8-12(3-6-16(23)26)15-5-4-14(28-15)10-24-11-22-25(18(24)27)9-13(7-21)17(19)20/h3-6,8,11H,2,7,9-10,21H2,1H3. The third-order valence-electron chi connectivity index (χ3n) is 4.25. The maximum atomic E-state index is 12.7. The fraction of sp³-hybridized carbons (Fsp3) is 0.278. The average molecular weight is 407 g/mol. The van der Waals surface area contributed by atoms with Crippen molar-refractivity contribution in [2.75, 3.05) is 6.54 Å². The van der Waals surface area contributed by atoms with Crippen molar-refractivity contribution in [2.24, 2.45) is 5.73 Å². The van der Waals surface area contributed by atoms with E-state index in [-0.39, 0.29) is 30.8 Å². The average Bonchev–Trinajstić information content (AvgIpc) is 3.28. The second-order valence-corrected chi connectivity index (χ2v) is 7.24. The molecular weight excluding hydrogens is 388 g/mol. The van der Waals surface area contributed by atoms with Crippen LogP contribution in [0.2, 0.25) is 0 Å². The molecule has 0 spiro atoms. The summed E-state index contributed by atoms with van der Waals surface area (Å²) in [6.45, 7) is 2.08. The van der Waals surface area contributed by atoms with Crippen LogP contribution in [-0.4, -0.2) is 25.5 Å². The molecule has 7 nitrogen and oxygen atoms in total. The summed E-state index contributed by atoms with van der Waals surface area (Å²) in [6, 6.07) is 7.10. The van der Waals surface area contributed by atoms with Crippen molar-refractivity contribution in [1.82, 2.24) is 18.9 Å². The van der Waals surface area contributed by atoms with Crippen LogP contribution in [0.3, 0.4) is 0 Å². The molecule has 0 radical (unpaired) electrons. The van der Waals surface area contributed by atoms with Gasteiger partial charge in [0.25, 0.3) is 11.6 Å². The van der Waals surface area contributed by atoms with Gasteiger partial charge in [0.2, 0.25) is 0 Å². The maximum Gasteiger partial charge on any atom is 0.346 e. The Morgan fingerprint density at radius 3 is 2.64 bits per heavy atom. The third-order valence-corrected chi connectivity index (χ3v) is 5.37. The first-order chi connectivity index (χ1) is 13.4. The molecule has 3 aromatic heterocycles. The molecule has 28 heavy (non-hydrogen) atoms. The molecule has 0 fully saturated rings. The largest absolute Gasteiger partial charge is 0.346 e. The molecule has 0 bridgehead atoms. The minimum absolute atomic E-state index is 0.0578. The van der Waals surface area contributed by atoms with E-state index in [0.717, 1.165) is 20.0 Å². The van der Waals surface area contributed by atoms with E-state index < -0.39 is 11.8 Å². The summed E-state index contributed by atoms with van der Waals surface area (Å²) < 4.78 is 29.4. The van der Waals surface area contributed by atoms with Gasteiger partial charge in [-0.15, -0.1) is 11.3 Å². The van der Waals surface area contributed by atoms with Gasteiger partial charge in [0, 0.05) is 46.2 Å². The Kier molecular flexibility index (Phi) is 6.00. The van der Waals surface area contributed by atoms with Gasteiger partial charge in [-0.05, 0) is 25.1 Å². The number of pyridine rings is 1. The lowest BCUT2D eigenvalue weighted by atomic mass is 10.2. The van der Waals surface area contributed by atoms with Crippen LogP contribution in [0, 0.1) is 0 Å². The van der Waals surface area contributed by atoms with Gasteiger partial charge in [-0.25, -0.2) is 9.48 Å². The molecule has 3 heterocycles. The Morgan fingerprint density at radius 1 is 1.18 bits per heavy atom. The first-order valence-electron chi connectivity index (χ1n) is 8.57. The monoisotopic (exact) mass is 407 g/mol. The maximum absolute atomic E-state index is 12.7. The zero-order valence-corrected chi connectivity index (χ0v) is 16.0. The number of hydrogen-bond acceptors (Lipinski definition) is 5. The van der Waals surface area contributed by atoms with Crippen molar-refractivity contribution >= 4 is 11.3 Å². The van der Waals surface area contributed by atoms with Crippen LogP contribution in [0.1, 0.15) is 11.8 Å². The molecule has 0 aliphatic rings. The number of aromatic nitrogens is 4. The molecule has 0 aliphatic carbocycles. The smallest absolute Gasteiger partial charge is 0.327 e. The second-order valence-electron chi connectivity index (χ2n) is 6.08. The van der Waals surface area contributed by atoms with E-state index in [9.17, 15) is 18.4 Å². The van der Waals surface area contributed by atoms with Gasteiger partial charge in [0.15, 0.2) is 0 Å². The van der Waals surface area contributed by atoms with Gasteiger partial charge < -0.3 is 10.3 Å². The third kappa shape index (κ3) is 4.18. The molecule has 0 saturated heterocycles. The van der Waals surface area contributed by atoms with Crippen molar-refractivity contribution in [3.05, 3.63) is 74.2 Å². The Morgan fingerprint density at radius 2 is 1.96 bits per heavy atom. The van der Waals surface area contributed by atoms with Crippen molar-refractivity contribution < 1.29 is 8.78 Å². The molecule has 3 rings (SSSR count). The van der Waals surface area contributed by atoms with Gasteiger partial charge in [-0.1, -0.05) is 0 Å². The van der Waals surface area contributed by atoms with Crippen LogP contribution in [0.5, 0.6) is 0 Å². The SMILES string of the molecule is CCn1cc(-c2ccc(Cn3cnn(CC(CN)=C(F)F)c3=O)s2)ccc1=O. The van der Waals surface area contributed by atoms with Crippen molar-refractivity contribution in [3.8, 4) is 10.4 Å². The zero-order chi connectivity index (χ0) is 20.3. The van der Waals surface area contributed by atoms with Crippen LogP contribution < -0.4 is 17.0 Å². The summed E-state index contributed by atoms with van der Waals surface area (Å²) >= 11 is 1.49. The van der Waals surface area contributed by atoms with Gasteiger partial charge in [0.1, 0.15) is 6.33 Å². The molecule has 0 unspecified atom stereocenters. The second kappa shape index (κ2) is 8.44. The topological polar surface area (TPSA) is 87.8 Å². The Labute approximate surface area is 163 Å². The molecule has 0 aromatic carbocycles. The van der Waals surface area contributed by atoms with E-state index in [2.05, 4.69) is 5.10 Å². The number of halogens is 2. The minimum Gasteiger partial charge on any atom is -0.327 e. The normalized spacial score (nSPS) is 11.0. The fourth-order valence-electron chi connectivity index (χ4n) is 2.68. The molecule has 3 aromatic rings. The summed E-state index contributed by atoms with van der Waals surface area (Å²) in [5.41, 5.74) is 5.33. The summed E-state index contributed by atoms with van der Waals surface area (Å²) in [6.07, 6.45) is 1.23. The summed E-state index contributed by atoms with van der Waals surface area (Å²) in [5.74, 6) is 0. The molecule has 148 valence electrons. The van der Waals surface area contributed by atoms with Crippen LogP contribution in [-0.2, 0) is 19.6 Å². The van der Waals surface area contributed by atoms with E-state index in [0.29, 0.717) is 6.54 Å². The number of rotatable bonds is 7. The number of aryl methyl sites for hydroxylation is 1. The van der Waals surface area contributed by atoms with E-state index >= 15 is 0 Å². The minimum atomic E-state index is -1.89. The van der Waals surface area contributed by atoms with Crippen molar-refractivity contribution in [1.29, 1.82) is 0 Å². The first kappa shape index (κ1) is 19.9. The molecule has 0 atom stereocenters. The van der Waals surface area contributed by atoms with Crippen LogP contribution in [0.15, 0.2) is 58.0 Å². The number of hydrogen-bond donors (Lipinski definition) is 1. The molecule has 0 saturated carbocycles. The Bertz CT molecular complexity index is 1120. The highest BCUT2D eigenvalue weighted by atomic mass is 32.1. The fourth-order valence-corrected chi connectivity index (χ4v) is 3.68.